The van der Waals surface area contributed by atoms with E-state index >= 15 is 0 Å². The molecule has 2 unspecified atom stereocenters. The Bertz CT molecular complexity index is 565. The molecule has 0 saturated heterocycles. The van der Waals surface area contributed by atoms with Crippen molar-refractivity contribution in [2.75, 3.05) is 0 Å². The highest BCUT2D eigenvalue weighted by molar-refractivity contribution is 9.10. The number of alkyl halides is 1. The molecule has 19 heavy (non-hydrogen) atoms. The van der Waals surface area contributed by atoms with Gasteiger partial charge >= 0.3 is 0 Å². The van der Waals surface area contributed by atoms with E-state index in [1.165, 1.54) is 6.07 Å². The van der Waals surface area contributed by atoms with E-state index in [1.54, 1.807) is 12.1 Å². The molecule has 1 N–H and O–H groups in total. The van der Waals surface area contributed by atoms with Gasteiger partial charge < -0.3 is 0 Å². The predicted octanol–water partition coefficient (Wildman–Crippen LogP) is 4.09. The van der Waals surface area contributed by atoms with Crippen molar-refractivity contribution in [1.29, 1.82) is 0 Å². The second-order valence-corrected chi connectivity index (χ2v) is 8.78. The Morgan fingerprint density at radius 1 is 1.26 bits per heavy atom. The predicted molar refractivity (Wildman–Crippen MR) is 84.4 cm³/mol. The normalized spacial score (nSPS) is 24.4. The van der Waals surface area contributed by atoms with Crippen LogP contribution in [0.25, 0.3) is 0 Å². The van der Waals surface area contributed by atoms with Gasteiger partial charge in [-0.2, -0.15) is 0 Å². The van der Waals surface area contributed by atoms with Crippen molar-refractivity contribution in [2.24, 2.45) is 0 Å². The summed E-state index contributed by atoms with van der Waals surface area (Å²) in [5.41, 5.74) is 0. The fraction of sp³-hybridized carbons (Fsp3) is 0.500. The number of benzene rings is 1. The number of hydrogen-bond acceptors (Lipinski definition) is 2. The molecular formula is C12H14Br2ClNO2S. The van der Waals surface area contributed by atoms with Gasteiger partial charge in [0.25, 0.3) is 0 Å². The first-order chi connectivity index (χ1) is 8.90. The SMILES string of the molecule is O=S(=O)(NC1CCCCC1Br)c1ccc(Br)cc1Cl. The lowest BCUT2D eigenvalue weighted by Crippen LogP contribution is -2.42. The molecule has 1 aromatic carbocycles. The Kier molecular flexibility index (Phi) is 5.34. The largest absolute Gasteiger partial charge is 0.242 e. The number of nitrogens with one attached hydrogen (secondary N) is 1. The number of halogens is 3. The van der Waals surface area contributed by atoms with E-state index < -0.39 is 10.0 Å². The molecule has 1 aromatic rings. The van der Waals surface area contributed by atoms with Gasteiger partial charge in [0.1, 0.15) is 4.90 Å². The summed E-state index contributed by atoms with van der Waals surface area (Å²) in [6.45, 7) is 0. The molecule has 0 aliphatic heterocycles. The summed E-state index contributed by atoms with van der Waals surface area (Å²) in [4.78, 5) is 0.313. The third kappa shape index (κ3) is 3.94. The minimum absolute atomic E-state index is 0.0709. The van der Waals surface area contributed by atoms with Crippen LogP contribution in [-0.4, -0.2) is 19.3 Å². The van der Waals surface area contributed by atoms with Gasteiger partial charge in [-0.1, -0.05) is 56.3 Å². The van der Waals surface area contributed by atoms with E-state index in [0.717, 1.165) is 30.2 Å². The molecule has 0 heterocycles. The van der Waals surface area contributed by atoms with Crippen LogP contribution in [0.5, 0.6) is 0 Å². The smallest absolute Gasteiger partial charge is 0.207 e. The van der Waals surface area contributed by atoms with Gasteiger partial charge in [-0.05, 0) is 31.0 Å². The van der Waals surface area contributed by atoms with Crippen molar-refractivity contribution in [3.05, 3.63) is 27.7 Å². The quantitative estimate of drug-likeness (QED) is 0.733. The highest BCUT2D eigenvalue weighted by Crippen LogP contribution is 2.29. The van der Waals surface area contributed by atoms with Gasteiger partial charge in [-0.15, -0.1) is 0 Å². The highest BCUT2D eigenvalue weighted by Gasteiger charge is 2.28. The Morgan fingerprint density at radius 3 is 2.58 bits per heavy atom. The molecule has 1 saturated carbocycles. The van der Waals surface area contributed by atoms with Gasteiger partial charge in [0.05, 0.1) is 5.02 Å². The molecular weight excluding hydrogens is 417 g/mol. The molecule has 2 rings (SSSR count). The second-order valence-electron chi connectivity index (χ2n) is 4.60. The van der Waals surface area contributed by atoms with Crippen molar-refractivity contribution in [3.63, 3.8) is 0 Å². The first kappa shape index (κ1) is 15.8. The zero-order chi connectivity index (χ0) is 14.0. The number of sulfonamides is 1. The van der Waals surface area contributed by atoms with Crippen molar-refractivity contribution < 1.29 is 8.42 Å². The molecule has 0 spiro atoms. The standard InChI is InChI=1S/C12H14Br2ClNO2S/c13-8-5-6-12(10(15)7-8)19(17,18)16-11-4-2-1-3-9(11)14/h5-7,9,11,16H,1-4H2. The van der Waals surface area contributed by atoms with Crippen LogP contribution in [0.1, 0.15) is 25.7 Å². The minimum Gasteiger partial charge on any atom is -0.207 e. The lowest BCUT2D eigenvalue weighted by molar-refractivity contribution is 0.427. The highest BCUT2D eigenvalue weighted by atomic mass is 79.9. The summed E-state index contributed by atoms with van der Waals surface area (Å²) in [7, 11) is -3.57. The Balaban J connectivity index is 2.22. The maximum atomic E-state index is 12.3. The molecule has 0 aromatic heterocycles. The van der Waals surface area contributed by atoms with Gasteiger partial charge in [-0.3, -0.25) is 0 Å². The molecule has 1 aliphatic rings. The second kappa shape index (κ2) is 6.43. The Labute approximate surface area is 135 Å². The van der Waals surface area contributed by atoms with E-state index in [2.05, 4.69) is 36.6 Å². The van der Waals surface area contributed by atoms with Crippen LogP contribution >= 0.6 is 43.5 Å². The van der Waals surface area contributed by atoms with Crippen molar-refractivity contribution in [3.8, 4) is 0 Å². The first-order valence-corrected chi connectivity index (χ1v) is 9.58. The molecule has 0 bridgehead atoms. The minimum atomic E-state index is -3.57. The average molecular weight is 432 g/mol. The molecule has 7 heteroatoms. The summed E-state index contributed by atoms with van der Waals surface area (Å²) in [5.74, 6) is 0. The number of hydrogen-bond donors (Lipinski definition) is 1. The van der Waals surface area contributed by atoms with Crippen LogP contribution < -0.4 is 4.72 Å². The summed E-state index contributed by atoms with van der Waals surface area (Å²) < 4.78 is 28.2. The molecule has 2 atom stereocenters. The summed E-state index contributed by atoms with van der Waals surface area (Å²) >= 11 is 12.8. The third-order valence-electron chi connectivity index (χ3n) is 3.17. The van der Waals surface area contributed by atoms with Gasteiger partial charge in [0.2, 0.25) is 10.0 Å². The zero-order valence-electron chi connectivity index (χ0n) is 10.1. The van der Waals surface area contributed by atoms with E-state index in [9.17, 15) is 8.42 Å². The Morgan fingerprint density at radius 2 is 1.95 bits per heavy atom. The van der Waals surface area contributed by atoms with Crippen LogP contribution in [0.3, 0.4) is 0 Å². The lowest BCUT2D eigenvalue weighted by atomic mass is 9.96. The lowest BCUT2D eigenvalue weighted by Gasteiger charge is -2.28. The van der Waals surface area contributed by atoms with Crippen molar-refractivity contribution >= 4 is 53.5 Å². The fourth-order valence-electron chi connectivity index (χ4n) is 2.17. The maximum absolute atomic E-state index is 12.3. The molecule has 0 radical (unpaired) electrons. The van der Waals surface area contributed by atoms with E-state index in [0.29, 0.717) is 0 Å². The molecule has 106 valence electrons. The van der Waals surface area contributed by atoms with Crippen LogP contribution in [0, 0.1) is 0 Å². The Hall–Kier alpha value is 0.380. The summed E-state index contributed by atoms with van der Waals surface area (Å²) in [6.07, 6.45) is 4.01. The molecule has 3 nitrogen and oxygen atoms in total. The van der Waals surface area contributed by atoms with Gasteiger partial charge in [0.15, 0.2) is 0 Å². The molecule has 1 aliphatic carbocycles. The number of rotatable bonds is 3. The zero-order valence-corrected chi connectivity index (χ0v) is 14.8. The first-order valence-electron chi connectivity index (χ1n) is 6.01. The average Bonchev–Trinajstić information content (AvgIpc) is 2.31. The van der Waals surface area contributed by atoms with Gasteiger partial charge in [0, 0.05) is 15.3 Å². The van der Waals surface area contributed by atoms with E-state index in [1.807, 2.05) is 0 Å². The van der Waals surface area contributed by atoms with E-state index in [4.69, 9.17) is 11.6 Å². The van der Waals surface area contributed by atoms with Crippen molar-refractivity contribution in [1.82, 2.24) is 4.72 Å². The molecule has 0 amide bonds. The fourth-order valence-corrected chi connectivity index (χ4v) is 5.42. The topological polar surface area (TPSA) is 46.2 Å². The monoisotopic (exact) mass is 429 g/mol. The van der Waals surface area contributed by atoms with Crippen LogP contribution in [0.4, 0.5) is 0 Å². The maximum Gasteiger partial charge on any atom is 0.242 e. The van der Waals surface area contributed by atoms with Crippen LogP contribution in [0.15, 0.2) is 27.6 Å². The van der Waals surface area contributed by atoms with Crippen molar-refractivity contribution in [2.45, 2.75) is 41.4 Å². The summed E-state index contributed by atoms with van der Waals surface area (Å²) in [5, 5.41) is 0.226. The summed E-state index contributed by atoms with van der Waals surface area (Å²) in [6, 6.07) is 4.70. The van der Waals surface area contributed by atoms with Crippen LogP contribution in [-0.2, 0) is 10.0 Å². The third-order valence-corrected chi connectivity index (χ3v) is 6.73. The van der Waals surface area contributed by atoms with Crippen LogP contribution in [0.2, 0.25) is 5.02 Å². The van der Waals surface area contributed by atoms with E-state index in [-0.39, 0.29) is 20.8 Å². The van der Waals surface area contributed by atoms with Gasteiger partial charge in [-0.25, -0.2) is 13.1 Å². The molecule has 1 fully saturated rings.